The maximum Gasteiger partial charge on any atom is 0.225 e. The molecular weight excluding hydrogens is 276 g/mol. The van der Waals surface area contributed by atoms with Gasteiger partial charge in [0, 0.05) is 58.9 Å². The van der Waals surface area contributed by atoms with Gasteiger partial charge < -0.3 is 10.6 Å². The summed E-state index contributed by atoms with van der Waals surface area (Å²) in [5.41, 5.74) is 1.39. The van der Waals surface area contributed by atoms with Gasteiger partial charge in [0.2, 0.25) is 5.91 Å². The van der Waals surface area contributed by atoms with Gasteiger partial charge in [-0.15, -0.1) is 0 Å². The van der Waals surface area contributed by atoms with E-state index in [0.29, 0.717) is 0 Å². The summed E-state index contributed by atoms with van der Waals surface area (Å²) in [4.78, 5) is 16.7. The average Bonchev–Trinajstić information content (AvgIpc) is 2.48. The van der Waals surface area contributed by atoms with E-state index >= 15 is 0 Å². The van der Waals surface area contributed by atoms with E-state index in [4.69, 9.17) is 0 Å². The molecule has 2 N–H and O–H groups in total. The van der Waals surface area contributed by atoms with Crippen molar-refractivity contribution in [3.05, 3.63) is 35.9 Å². The van der Waals surface area contributed by atoms with E-state index in [1.54, 1.807) is 0 Å². The topological polar surface area (TPSA) is 47.6 Å². The van der Waals surface area contributed by atoms with E-state index in [9.17, 15) is 4.79 Å². The van der Waals surface area contributed by atoms with Crippen LogP contribution in [0.1, 0.15) is 5.56 Å². The van der Waals surface area contributed by atoms with E-state index < -0.39 is 0 Å². The Kier molecular flexibility index (Phi) is 5.43. The number of hydrogen-bond donors (Lipinski definition) is 2. The molecule has 0 saturated carbocycles. The van der Waals surface area contributed by atoms with Crippen LogP contribution in [0.2, 0.25) is 0 Å². The smallest absolute Gasteiger partial charge is 0.225 e. The summed E-state index contributed by atoms with van der Waals surface area (Å²) in [5, 5.41) is 6.18. The van der Waals surface area contributed by atoms with Crippen molar-refractivity contribution in [2.45, 2.75) is 6.54 Å². The number of rotatable bonds is 6. The molecule has 0 bridgehead atoms. The Morgan fingerprint density at radius 2 is 1.77 bits per heavy atom. The minimum absolute atomic E-state index is 0.197. The highest BCUT2D eigenvalue weighted by Gasteiger charge is 2.24. The van der Waals surface area contributed by atoms with Gasteiger partial charge in [-0.2, -0.15) is 0 Å². The Bertz CT molecular complexity index is 467. The van der Waals surface area contributed by atoms with Gasteiger partial charge in [0.25, 0.3) is 0 Å². The first-order valence-electron chi connectivity index (χ1n) is 8.28. The summed E-state index contributed by atoms with van der Waals surface area (Å²) in [7, 11) is 0. The summed E-state index contributed by atoms with van der Waals surface area (Å²) < 4.78 is 0. The van der Waals surface area contributed by atoms with Crippen molar-refractivity contribution in [3.63, 3.8) is 0 Å². The van der Waals surface area contributed by atoms with Crippen molar-refractivity contribution in [3.8, 4) is 0 Å². The second-order valence-corrected chi connectivity index (χ2v) is 6.25. The maximum absolute atomic E-state index is 11.7. The molecule has 3 rings (SSSR count). The Morgan fingerprint density at radius 3 is 2.41 bits per heavy atom. The highest BCUT2D eigenvalue weighted by Crippen LogP contribution is 2.08. The van der Waals surface area contributed by atoms with Gasteiger partial charge >= 0.3 is 0 Å². The molecule has 120 valence electrons. The lowest BCUT2D eigenvalue weighted by Crippen LogP contribution is -2.52. The van der Waals surface area contributed by atoms with Gasteiger partial charge in [-0.05, 0) is 5.56 Å². The van der Waals surface area contributed by atoms with E-state index in [1.165, 1.54) is 5.56 Å². The summed E-state index contributed by atoms with van der Waals surface area (Å²) in [6.07, 6.45) is 0. The largest absolute Gasteiger partial charge is 0.354 e. The number of hydrogen-bond acceptors (Lipinski definition) is 4. The van der Waals surface area contributed by atoms with Crippen molar-refractivity contribution in [2.24, 2.45) is 5.92 Å². The van der Waals surface area contributed by atoms with Crippen LogP contribution in [0.5, 0.6) is 0 Å². The van der Waals surface area contributed by atoms with Crippen LogP contribution < -0.4 is 10.6 Å². The molecule has 22 heavy (non-hydrogen) atoms. The summed E-state index contributed by atoms with van der Waals surface area (Å²) in [6.45, 7) is 8.85. The lowest BCUT2D eigenvalue weighted by molar-refractivity contribution is -0.126. The molecule has 1 aromatic rings. The third-order valence-electron chi connectivity index (χ3n) is 4.59. The van der Waals surface area contributed by atoms with E-state index in [1.807, 2.05) is 0 Å². The fourth-order valence-electron chi connectivity index (χ4n) is 2.97. The van der Waals surface area contributed by atoms with Crippen LogP contribution in [-0.4, -0.2) is 68.1 Å². The lowest BCUT2D eigenvalue weighted by Gasteiger charge is -2.35. The number of piperazine rings is 1. The zero-order valence-electron chi connectivity index (χ0n) is 13.1. The van der Waals surface area contributed by atoms with E-state index in [2.05, 4.69) is 50.8 Å². The Hall–Kier alpha value is -1.43. The molecule has 2 aliphatic rings. The summed E-state index contributed by atoms with van der Waals surface area (Å²) >= 11 is 0. The molecule has 1 amide bonds. The summed E-state index contributed by atoms with van der Waals surface area (Å²) in [5.74, 6) is 0.407. The molecule has 5 heteroatoms. The standard InChI is InChI=1S/C17H26N4O/c22-17(16-12-18-13-16)19-6-7-20-8-10-21(11-9-20)14-15-4-2-1-3-5-15/h1-5,16,18H,6-14H2,(H,19,22). The minimum atomic E-state index is 0.197. The lowest BCUT2D eigenvalue weighted by atomic mass is 10.0. The van der Waals surface area contributed by atoms with Crippen LogP contribution in [0.3, 0.4) is 0 Å². The van der Waals surface area contributed by atoms with E-state index in [-0.39, 0.29) is 11.8 Å². The van der Waals surface area contributed by atoms with Crippen LogP contribution in [0.25, 0.3) is 0 Å². The van der Waals surface area contributed by atoms with Crippen molar-refractivity contribution in [1.82, 2.24) is 20.4 Å². The van der Waals surface area contributed by atoms with Crippen LogP contribution >= 0.6 is 0 Å². The quantitative estimate of drug-likeness (QED) is 0.785. The molecule has 0 spiro atoms. The third-order valence-corrected chi connectivity index (χ3v) is 4.59. The first kappa shape index (κ1) is 15.5. The molecule has 1 aromatic carbocycles. The molecule has 0 unspecified atom stereocenters. The molecule has 2 heterocycles. The first-order chi connectivity index (χ1) is 10.8. The fraction of sp³-hybridized carbons (Fsp3) is 0.588. The third kappa shape index (κ3) is 4.29. The molecule has 5 nitrogen and oxygen atoms in total. The van der Waals surface area contributed by atoms with Crippen LogP contribution in [0.4, 0.5) is 0 Å². The molecule has 0 aliphatic carbocycles. The normalized spacial score (nSPS) is 20.5. The van der Waals surface area contributed by atoms with Gasteiger partial charge in [0.05, 0.1) is 5.92 Å². The number of carbonyl (C=O) groups excluding carboxylic acids is 1. The molecule has 0 radical (unpaired) electrons. The van der Waals surface area contributed by atoms with Gasteiger partial charge in [0.1, 0.15) is 0 Å². The van der Waals surface area contributed by atoms with Gasteiger partial charge in [-0.3, -0.25) is 14.6 Å². The van der Waals surface area contributed by atoms with Gasteiger partial charge in [0.15, 0.2) is 0 Å². The Morgan fingerprint density at radius 1 is 1.09 bits per heavy atom. The van der Waals surface area contributed by atoms with Gasteiger partial charge in [-0.25, -0.2) is 0 Å². The molecule has 2 fully saturated rings. The van der Waals surface area contributed by atoms with Crippen molar-refractivity contribution in [1.29, 1.82) is 0 Å². The Balaban J connectivity index is 1.31. The van der Waals surface area contributed by atoms with Crippen LogP contribution in [-0.2, 0) is 11.3 Å². The fourth-order valence-corrected chi connectivity index (χ4v) is 2.97. The SMILES string of the molecule is O=C(NCCN1CCN(Cc2ccccc2)CC1)C1CNC1. The zero-order valence-corrected chi connectivity index (χ0v) is 13.1. The Labute approximate surface area is 132 Å². The molecular formula is C17H26N4O. The summed E-state index contributed by atoms with van der Waals surface area (Å²) in [6, 6.07) is 10.7. The number of carbonyl (C=O) groups is 1. The number of amides is 1. The van der Waals surface area contributed by atoms with Crippen molar-refractivity contribution >= 4 is 5.91 Å². The number of benzene rings is 1. The van der Waals surface area contributed by atoms with Crippen molar-refractivity contribution in [2.75, 3.05) is 52.4 Å². The highest BCUT2D eigenvalue weighted by molar-refractivity contribution is 5.79. The average molecular weight is 302 g/mol. The predicted octanol–water partition coefficient (Wildman–Crippen LogP) is 0.140. The maximum atomic E-state index is 11.7. The number of nitrogens with zero attached hydrogens (tertiary/aromatic N) is 2. The number of nitrogens with one attached hydrogen (secondary N) is 2. The van der Waals surface area contributed by atoms with Crippen LogP contribution in [0, 0.1) is 5.92 Å². The molecule has 2 aliphatic heterocycles. The molecule has 0 atom stereocenters. The second-order valence-electron chi connectivity index (χ2n) is 6.25. The molecule has 0 aromatic heterocycles. The van der Waals surface area contributed by atoms with Crippen molar-refractivity contribution < 1.29 is 4.79 Å². The second kappa shape index (κ2) is 7.72. The first-order valence-corrected chi connectivity index (χ1v) is 8.28. The highest BCUT2D eigenvalue weighted by atomic mass is 16.2. The zero-order chi connectivity index (χ0) is 15.2. The molecule has 2 saturated heterocycles. The van der Waals surface area contributed by atoms with E-state index in [0.717, 1.165) is 58.9 Å². The predicted molar refractivity (Wildman–Crippen MR) is 87.5 cm³/mol. The minimum Gasteiger partial charge on any atom is -0.354 e. The van der Waals surface area contributed by atoms with Gasteiger partial charge in [-0.1, -0.05) is 30.3 Å². The van der Waals surface area contributed by atoms with Crippen LogP contribution in [0.15, 0.2) is 30.3 Å². The monoisotopic (exact) mass is 302 g/mol.